The van der Waals surface area contributed by atoms with Gasteiger partial charge in [0.25, 0.3) is 0 Å². The maximum absolute atomic E-state index is 11.5. The maximum atomic E-state index is 11.5. The highest BCUT2D eigenvalue weighted by Crippen LogP contribution is 2.43. The van der Waals surface area contributed by atoms with Gasteiger partial charge in [0, 0.05) is 17.2 Å². The first-order chi connectivity index (χ1) is 12.1. The van der Waals surface area contributed by atoms with Crippen molar-refractivity contribution in [3.8, 4) is 34.0 Å². The Bertz CT molecular complexity index is 954. The van der Waals surface area contributed by atoms with Crippen molar-refractivity contribution >= 4 is 17.5 Å². The molecule has 1 aliphatic heterocycles. The number of nitrogens with two attached hydrogens (primary N) is 1. The monoisotopic (exact) mass is 355 g/mol. The number of fused-ring (bicyclic) bond motifs is 1. The molecular weight excluding hydrogens is 342 g/mol. The summed E-state index contributed by atoms with van der Waals surface area (Å²) in [4.78, 5) is 15.9. The second-order valence-electron chi connectivity index (χ2n) is 5.59. The summed E-state index contributed by atoms with van der Waals surface area (Å²) in [6.45, 7) is 0.154. The zero-order valence-electron chi connectivity index (χ0n) is 13.1. The topological polar surface area (TPSA) is 79.4 Å². The van der Waals surface area contributed by atoms with Gasteiger partial charge in [0.2, 0.25) is 12.7 Å². The van der Waals surface area contributed by atoms with Crippen LogP contribution >= 0.6 is 11.6 Å². The van der Waals surface area contributed by atoms with Gasteiger partial charge in [-0.25, -0.2) is 4.98 Å². The molecule has 0 bridgehead atoms. The Balaban J connectivity index is 1.93. The molecule has 4 rings (SSSR count). The van der Waals surface area contributed by atoms with Gasteiger partial charge in [-0.15, -0.1) is 0 Å². The number of aromatic nitrogens is 2. The van der Waals surface area contributed by atoms with Gasteiger partial charge in [-0.2, -0.15) is 0 Å². The first-order valence-electron chi connectivity index (χ1n) is 7.62. The molecule has 0 radical (unpaired) electrons. The molecule has 25 heavy (non-hydrogen) atoms. The Hall–Kier alpha value is -2.99. The SMILES string of the molecule is NC(=O)Cn1cnc(-c2ccccc2)c1-c1cc2c(cc1Cl)OCO2. The minimum atomic E-state index is -0.463. The molecule has 1 aliphatic rings. The van der Waals surface area contributed by atoms with Crippen LogP contribution in [0.15, 0.2) is 48.8 Å². The van der Waals surface area contributed by atoms with Crippen molar-refractivity contribution in [3.63, 3.8) is 0 Å². The number of hydrogen-bond donors (Lipinski definition) is 1. The van der Waals surface area contributed by atoms with Crippen LogP contribution < -0.4 is 15.2 Å². The van der Waals surface area contributed by atoms with Crippen LogP contribution in [0.4, 0.5) is 0 Å². The molecule has 0 unspecified atom stereocenters. The average molecular weight is 356 g/mol. The third-order valence-electron chi connectivity index (χ3n) is 3.93. The van der Waals surface area contributed by atoms with Gasteiger partial charge in [-0.1, -0.05) is 41.9 Å². The fraction of sp³-hybridized carbons (Fsp3) is 0.111. The summed E-state index contributed by atoms with van der Waals surface area (Å²) < 4.78 is 12.5. The van der Waals surface area contributed by atoms with Crippen molar-refractivity contribution in [2.45, 2.75) is 6.54 Å². The third kappa shape index (κ3) is 2.81. The van der Waals surface area contributed by atoms with Crippen molar-refractivity contribution in [2.24, 2.45) is 5.73 Å². The Labute approximate surface area is 148 Å². The number of carbonyl (C=O) groups is 1. The van der Waals surface area contributed by atoms with Gasteiger partial charge >= 0.3 is 0 Å². The van der Waals surface area contributed by atoms with Crippen LogP contribution in [0.2, 0.25) is 5.02 Å². The number of primary amides is 1. The lowest BCUT2D eigenvalue weighted by atomic mass is 10.0. The largest absolute Gasteiger partial charge is 0.454 e. The molecule has 126 valence electrons. The van der Waals surface area contributed by atoms with E-state index in [4.69, 9.17) is 26.8 Å². The van der Waals surface area contributed by atoms with Crippen molar-refractivity contribution in [3.05, 3.63) is 53.8 Å². The predicted octanol–water partition coefficient (Wildman–Crippen LogP) is 3.08. The fourth-order valence-electron chi connectivity index (χ4n) is 2.86. The standard InChI is InChI=1S/C18H14ClN3O3/c19-13-7-15-14(24-10-25-15)6-12(13)18-17(11-4-2-1-3-5-11)21-9-22(18)8-16(20)23/h1-7,9H,8,10H2,(H2,20,23). The molecule has 0 saturated heterocycles. The Kier molecular flexibility index (Phi) is 3.82. The first-order valence-corrected chi connectivity index (χ1v) is 7.99. The molecule has 0 spiro atoms. The van der Waals surface area contributed by atoms with E-state index in [0.29, 0.717) is 33.5 Å². The number of hydrogen-bond acceptors (Lipinski definition) is 4. The van der Waals surface area contributed by atoms with Gasteiger partial charge in [0.15, 0.2) is 11.5 Å². The van der Waals surface area contributed by atoms with Crippen LogP contribution in [0.1, 0.15) is 0 Å². The number of rotatable bonds is 4. The zero-order valence-corrected chi connectivity index (χ0v) is 13.9. The summed E-state index contributed by atoms with van der Waals surface area (Å²) in [6, 6.07) is 13.2. The van der Waals surface area contributed by atoms with E-state index in [-0.39, 0.29) is 13.3 Å². The summed E-state index contributed by atoms with van der Waals surface area (Å²) in [7, 11) is 0. The lowest BCUT2D eigenvalue weighted by Crippen LogP contribution is -2.18. The van der Waals surface area contributed by atoms with Gasteiger partial charge < -0.3 is 19.8 Å². The van der Waals surface area contributed by atoms with Crippen molar-refractivity contribution in [1.82, 2.24) is 9.55 Å². The molecule has 0 saturated carbocycles. The van der Waals surface area contributed by atoms with Crippen LogP contribution in [0.3, 0.4) is 0 Å². The van der Waals surface area contributed by atoms with Crippen LogP contribution in [-0.4, -0.2) is 22.3 Å². The zero-order chi connectivity index (χ0) is 17.4. The van der Waals surface area contributed by atoms with Gasteiger partial charge in [0.1, 0.15) is 6.54 Å². The Morgan fingerprint density at radius 1 is 1.20 bits per heavy atom. The minimum absolute atomic E-state index is 0.0000618. The second kappa shape index (κ2) is 6.14. The summed E-state index contributed by atoms with van der Waals surface area (Å²) in [5.41, 5.74) is 8.40. The van der Waals surface area contributed by atoms with Crippen LogP contribution in [0, 0.1) is 0 Å². The summed E-state index contributed by atoms with van der Waals surface area (Å²) in [5.74, 6) is 0.733. The molecule has 6 nitrogen and oxygen atoms in total. The highest BCUT2D eigenvalue weighted by atomic mass is 35.5. The third-order valence-corrected chi connectivity index (χ3v) is 4.24. The lowest BCUT2D eigenvalue weighted by molar-refractivity contribution is -0.118. The average Bonchev–Trinajstić information content (AvgIpc) is 3.20. The highest BCUT2D eigenvalue weighted by Gasteiger charge is 2.23. The van der Waals surface area contributed by atoms with E-state index in [9.17, 15) is 4.79 Å². The number of amides is 1. The number of imidazole rings is 1. The summed E-state index contributed by atoms with van der Waals surface area (Å²) >= 11 is 6.47. The number of carbonyl (C=O) groups excluding carboxylic acids is 1. The molecule has 2 aromatic carbocycles. The quantitative estimate of drug-likeness (QED) is 0.780. The Morgan fingerprint density at radius 3 is 2.64 bits per heavy atom. The van der Waals surface area contributed by atoms with Gasteiger partial charge in [-0.3, -0.25) is 4.79 Å². The second-order valence-corrected chi connectivity index (χ2v) is 5.99. The molecule has 3 aromatic rings. The normalized spacial score (nSPS) is 12.4. The molecule has 2 N–H and O–H groups in total. The van der Waals surface area contributed by atoms with E-state index in [0.717, 1.165) is 5.56 Å². The lowest BCUT2D eigenvalue weighted by Gasteiger charge is -2.12. The smallest absolute Gasteiger partial charge is 0.237 e. The fourth-order valence-corrected chi connectivity index (χ4v) is 3.10. The van der Waals surface area contributed by atoms with E-state index in [1.165, 1.54) is 0 Å². The molecule has 1 aromatic heterocycles. The first kappa shape index (κ1) is 15.5. The number of benzene rings is 2. The van der Waals surface area contributed by atoms with E-state index in [1.54, 1.807) is 23.0 Å². The molecule has 0 fully saturated rings. The van der Waals surface area contributed by atoms with E-state index < -0.39 is 5.91 Å². The number of ether oxygens (including phenoxy) is 2. The predicted molar refractivity (Wildman–Crippen MR) is 93.4 cm³/mol. The molecular formula is C18H14ClN3O3. The van der Waals surface area contributed by atoms with Crippen molar-refractivity contribution < 1.29 is 14.3 Å². The maximum Gasteiger partial charge on any atom is 0.237 e. The molecule has 1 amide bonds. The van der Waals surface area contributed by atoms with Crippen molar-refractivity contribution in [1.29, 1.82) is 0 Å². The molecule has 2 heterocycles. The van der Waals surface area contributed by atoms with Crippen molar-refractivity contribution in [2.75, 3.05) is 6.79 Å². The number of halogens is 1. The number of nitrogens with zero attached hydrogens (tertiary/aromatic N) is 2. The van der Waals surface area contributed by atoms with Crippen LogP contribution in [0.5, 0.6) is 11.5 Å². The Morgan fingerprint density at radius 2 is 1.92 bits per heavy atom. The molecule has 0 atom stereocenters. The highest BCUT2D eigenvalue weighted by molar-refractivity contribution is 6.33. The molecule has 7 heteroatoms. The molecule has 0 aliphatic carbocycles. The van der Waals surface area contributed by atoms with E-state index in [2.05, 4.69) is 4.98 Å². The van der Waals surface area contributed by atoms with E-state index in [1.807, 2.05) is 30.3 Å². The van der Waals surface area contributed by atoms with Gasteiger partial charge in [0.05, 0.1) is 22.7 Å². The summed E-state index contributed by atoms with van der Waals surface area (Å²) in [6.07, 6.45) is 1.59. The van der Waals surface area contributed by atoms with Crippen LogP contribution in [-0.2, 0) is 11.3 Å². The van der Waals surface area contributed by atoms with E-state index >= 15 is 0 Å². The summed E-state index contributed by atoms with van der Waals surface area (Å²) in [5, 5.41) is 0.479. The van der Waals surface area contributed by atoms with Crippen LogP contribution in [0.25, 0.3) is 22.5 Å². The minimum Gasteiger partial charge on any atom is -0.454 e. The van der Waals surface area contributed by atoms with Gasteiger partial charge in [-0.05, 0) is 6.07 Å².